The van der Waals surface area contributed by atoms with Crippen molar-refractivity contribution in [2.75, 3.05) is 0 Å². The van der Waals surface area contributed by atoms with E-state index in [-0.39, 0.29) is 11.1 Å². The van der Waals surface area contributed by atoms with Gasteiger partial charge in [0.05, 0.1) is 4.92 Å². The summed E-state index contributed by atoms with van der Waals surface area (Å²) in [6, 6.07) is 10.8. The summed E-state index contributed by atoms with van der Waals surface area (Å²) in [5, 5.41) is 11.0. The standard InChI is InChI=1S/C19H19FN2O5S/c1-13(2)12-15-8-10-16(11-9-15)14(3)19(23)21(20)28(26,27)18-7-5-4-6-17(18)22(24)25/h4-11,13H,3,12H2,1-2H3. The molecular weight excluding hydrogens is 387 g/mol. The molecular formula is C19H19FN2O5S. The van der Waals surface area contributed by atoms with Crippen molar-refractivity contribution in [1.82, 2.24) is 4.53 Å². The van der Waals surface area contributed by atoms with Gasteiger partial charge in [-0.1, -0.05) is 65.8 Å². The molecule has 0 aromatic heterocycles. The smallest absolute Gasteiger partial charge is 0.265 e. The fourth-order valence-corrected chi connectivity index (χ4v) is 3.72. The number of hydrogen-bond acceptors (Lipinski definition) is 5. The monoisotopic (exact) mass is 406 g/mol. The number of halogens is 1. The maximum Gasteiger partial charge on any atom is 0.300 e. The van der Waals surface area contributed by atoms with E-state index < -0.39 is 36.0 Å². The lowest BCUT2D eigenvalue weighted by molar-refractivity contribution is -0.387. The van der Waals surface area contributed by atoms with Gasteiger partial charge >= 0.3 is 10.0 Å². The van der Waals surface area contributed by atoms with Crippen LogP contribution < -0.4 is 0 Å². The highest BCUT2D eigenvalue weighted by Crippen LogP contribution is 2.28. The Morgan fingerprint density at radius 1 is 1.18 bits per heavy atom. The molecule has 0 aliphatic carbocycles. The van der Waals surface area contributed by atoms with Gasteiger partial charge in [-0.2, -0.15) is 8.42 Å². The molecule has 0 heterocycles. The van der Waals surface area contributed by atoms with Crippen LogP contribution in [0, 0.1) is 16.0 Å². The largest absolute Gasteiger partial charge is 0.300 e. The summed E-state index contributed by atoms with van der Waals surface area (Å²) in [7, 11) is -5.08. The number of rotatable bonds is 7. The van der Waals surface area contributed by atoms with Gasteiger partial charge in [0.2, 0.25) is 0 Å². The molecule has 9 heteroatoms. The first-order valence-corrected chi connectivity index (χ1v) is 9.76. The van der Waals surface area contributed by atoms with E-state index in [2.05, 4.69) is 6.58 Å². The van der Waals surface area contributed by atoms with Gasteiger partial charge < -0.3 is 0 Å². The number of hydrogen-bond donors (Lipinski definition) is 0. The molecule has 0 aliphatic heterocycles. The van der Waals surface area contributed by atoms with Crippen LogP contribution in [-0.2, 0) is 21.2 Å². The second-order valence-corrected chi connectivity index (χ2v) is 8.23. The van der Waals surface area contributed by atoms with Crippen LogP contribution >= 0.6 is 0 Å². The molecule has 0 spiro atoms. The van der Waals surface area contributed by atoms with Crippen LogP contribution in [0.5, 0.6) is 0 Å². The summed E-state index contributed by atoms with van der Waals surface area (Å²) < 4.78 is 38.3. The quantitative estimate of drug-likeness (QED) is 0.301. The molecule has 0 saturated carbocycles. The minimum atomic E-state index is -5.08. The molecule has 2 aromatic rings. The van der Waals surface area contributed by atoms with Crippen molar-refractivity contribution in [3.63, 3.8) is 0 Å². The first-order chi connectivity index (χ1) is 13.1. The van der Waals surface area contributed by atoms with Gasteiger partial charge in [0.1, 0.15) is 0 Å². The van der Waals surface area contributed by atoms with Crippen LogP contribution in [0.1, 0.15) is 25.0 Å². The zero-order valence-corrected chi connectivity index (χ0v) is 16.1. The van der Waals surface area contributed by atoms with E-state index in [0.717, 1.165) is 24.1 Å². The Bertz CT molecular complexity index is 1020. The SMILES string of the molecule is C=C(C(=O)N(F)S(=O)(=O)c1ccccc1[N+](=O)[O-])c1ccc(CC(C)C)cc1. The molecule has 7 nitrogen and oxygen atoms in total. The molecule has 0 saturated heterocycles. The molecule has 1 amide bonds. The Morgan fingerprint density at radius 3 is 2.29 bits per heavy atom. The summed E-state index contributed by atoms with van der Waals surface area (Å²) in [4.78, 5) is 21.4. The first-order valence-electron chi connectivity index (χ1n) is 8.32. The summed E-state index contributed by atoms with van der Waals surface area (Å²) >= 11 is 0. The second-order valence-electron chi connectivity index (χ2n) is 6.52. The molecule has 2 aromatic carbocycles. The number of nitrogens with zero attached hydrogens (tertiary/aromatic N) is 2. The predicted molar refractivity (Wildman–Crippen MR) is 102 cm³/mol. The Labute approximate surface area is 162 Å². The van der Waals surface area contributed by atoms with Crippen molar-refractivity contribution in [3.8, 4) is 0 Å². The summed E-state index contributed by atoms with van der Waals surface area (Å²) in [6.07, 6.45) is 0.808. The number of benzene rings is 2. The fourth-order valence-electron chi connectivity index (χ4n) is 2.56. The number of amides is 1. The highest BCUT2D eigenvalue weighted by molar-refractivity contribution is 7.89. The predicted octanol–water partition coefficient (Wildman–Crippen LogP) is 3.91. The molecule has 0 bridgehead atoms. The van der Waals surface area contributed by atoms with Gasteiger partial charge in [-0.15, -0.1) is 0 Å². The zero-order chi connectivity index (χ0) is 21.1. The lowest BCUT2D eigenvalue weighted by Gasteiger charge is -2.14. The summed E-state index contributed by atoms with van der Waals surface area (Å²) in [5.74, 6) is -1.10. The van der Waals surface area contributed by atoms with Gasteiger partial charge in [0, 0.05) is 11.6 Å². The van der Waals surface area contributed by atoms with Crippen LogP contribution in [0.2, 0.25) is 0 Å². The summed E-state index contributed by atoms with van der Waals surface area (Å²) in [6.45, 7) is 7.56. The third kappa shape index (κ3) is 4.42. The van der Waals surface area contributed by atoms with Gasteiger partial charge in [-0.25, -0.2) is 0 Å². The zero-order valence-electron chi connectivity index (χ0n) is 15.3. The normalized spacial score (nSPS) is 11.3. The fraction of sp³-hybridized carbons (Fsp3) is 0.211. The molecule has 28 heavy (non-hydrogen) atoms. The average Bonchev–Trinajstić information content (AvgIpc) is 2.66. The van der Waals surface area contributed by atoms with E-state index in [4.69, 9.17) is 0 Å². The van der Waals surface area contributed by atoms with Crippen LogP contribution in [0.15, 0.2) is 60.0 Å². The van der Waals surface area contributed by atoms with Gasteiger partial charge in [0.25, 0.3) is 11.6 Å². The lowest BCUT2D eigenvalue weighted by Crippen LogP contribution is -2.30. The third-order valence-electron chi connectivity index (χ3n) is 3.92. The van der Waals surface area contributed by atoms with Gasteiger partial charge in [-0.05, 0) is 29.5 Å². The van der Waals surface area contributed by atoms with Crippen LogP contribution in [0.3, 0.4) is 0 Å². The molecule has 148 valence electrons. The number of nitro benzene ring substituents is 1. The van der Waals surface area contributed by atoms with Crippen LogP contribution in [0.4, 0.5) is 10.2 Å². The van der Waals surface area contributed by atoms with Crippen molar-refractivity contribution < 1.29 is 22.6 Å². The lowest BCUT2D eigenvalue weighted by atomic mass is 9.99. The molecule has 0 atom stereocenters. The van der Waals surface area contributed by atoms with E-state index in [1.165, 1.54) is 12.1 Å². The third-order valence-corrected chi connectivity index (χ3v) is 5.40. The Morgan fingerprint density at radius 2 is 1.75 bits per heavy atom. The van der Waals surface area contributed by atoms with E-state index in [1.807, 2.05) is 13.8 Å². The Hall–Kier alpha value is -3.07. The van der Waals surface area contributed by atoms with Crippen LogP contribution in [0.25, 0.3) is 5.57 Å². The first kappa shape index (κ1) is 21.2. The number of sulfonamides is 1. The van der Waals surface area contributed by atoms with E-state index in [0.29, 0.717) is 5.92 Å². The number of carbonyl (C=O) groups excluding carboxylic acids is 1. The van der Waals surface area contributed by atoms with E-state index in [1.54, 1.807) is 24.3 Å². The number of para-hydroxylation sites is 1. The van der Waals surface area contributed by atoms with Crippen molar-refractivity contribution in [2.45, 2.75) is 25.2 Å². The second kappa shape index (κ2) is 8.30. The topological polar surface area (TPSA) is 97.6 Å². The molecule has 0 fully saturated rings. The van der Waals surface area contributed by atoms with Gasteiger partial charge in [-0.3, -0.25) is 14.9 Å². The maximum atomic E-state index is 14.5. The average molecular weight is 406 g/mol. The van der Waals surface area contributed by atoms with E-state index in [9.17, 15) is 27.8 Å². The molecule has 0 N–H and O–H groups in total. The highest BCUT2D eigenvalue weighted by atomic mass is 32.2. The molecule has 0 radical (unpaired) electrons. The van der Waals surface area contributed by atoms with Crippen molar-refractivity contribution in [2.24, 2.45) is 5.92 Å². The molecule has 0 aliphatic rings. The van der Waals surface area contributed by atoms with Gasteiger partial charge in [0.15, 0.2) is 4.90 Å². The molecule has 2 rings (SSSR count). The number of carbonyl (C=O) groups is 1. The highest BCUT2D eigenvalue weighted by Gasteiger charge is 2.36. The van der Waals surface area contributed by atoms with Crippen molar-refractivity contribution in [3.05, 3.63) is 76.4 Å². The minimum absolute atomic E-state index is 0.248. The van der Waals surface area contributed by atoms with Crippen molar-refractivity contribution >= 4 is 27.2 Å². The molecule has 0 unspecified atom stereocenters. The van der Waals surface area contributed by atoms with Crippen LogP contribution in [-0.4, -0.2) is 23.8 Å². The Balaban J connectivity index is 2.30. The summed E-state index contributed by atoms with van der Waals surface area (Å²) in [5.41, 5.74) is 0.0314. The number of nitro groups is 1. The van der Waals surface area contributed by atoms with Crippen molar-refractivity contribution in [1.29, 1.82) is 0 Å². The maximum absolute atomic E-state index is 14.5. The Kier molecular flexibility index (Phi) is 6.30. The van der Waals surface area contributed by atoms with E-state index >= 15 is 0 Å². The minimum Gasteiger partial charge on any atom is -0.265 e.